The smallest absolute Gasteiger partial charge is 0.412 e. The zero-order valence-corrected chi connectivity index (χ0v) is 31.1. The fraction of sp³-hybridized carbons (Fsp3) is 0.268. The van der Waals surface area contributed by atoms with Crippen molar-refractivity contribution in [1.82, 2.24) is 10.6 Å². The zero-order chi connectivity index (χ0) is 39.3. The second-order valence-electron chi connectivity index (χ2n) is 13.6. The number of rotatable bonds is 14. The quantitative estimate of drug-likeness (QED) is 0.0958. The Bertz CT molecular complexity index is 2100. The fourth-order valence-electron chi connectivity index (χ4n) is 6.70. The van der Waals surface area contributed by atoms with E-state index in [-0.39, 0.29) is 36.3 Å². The SMILES string of the molecule is C/C(=C\C(=O)NC1CCc2cccc3c2N(C1=O)C(C(=O)NC(C)CCC(N)=O)C3)c1ccc(C(F)(F)P(=O)(Oc2ccccc2)Oc2ccccc2)cc1. The number of nitrogens with one attached hydrogen (secondary N) is 2. The van der Waals surface area contributed by atoms with Crippen LogP contribution in [-0.4, -0.2) is 41.8 Å². The third-order valence-electron chi connectivity index (χ3n) is 9.56. The van der Waals surface area contributed by atoms with Gasteiger partial charge in [-0.15, -0.1) is 0 Å². The molecule has 6 rings (SSSR count). The Labute approximate surface area is 317 Å². The second kappa shape index (κ2) is 16.3. The molecule has 0 saturated carbocycles. The van der Waals surface area contributed by atoms with Crippen LogP contribution in [-0.2, 0) is 42.2 Å². The van der Waals surface area contributed by atoms with Crippen molar-refractivity contribution in [3.05, 3.63) is 131 Å². The Morgan fingerprint density at radius 3 is 2.13 bits per heavy atom. The molecule has 2 heterocycles. The minimum atomic E-state index is -5.22. The standard InChI is InChI=1S/C41H41F2N4O7P/c1-26(28-17-20-31(21-18-28)41(42,43)55(52,53-32-12-5-3-6-13-32)54-33-14-7-4-8-15-33)24-37(49)46-34-22-19-29-10-9-11-30-25-35(47(38(29)30)40(34)51)39(50)45-27(2)16-23-36(44)48/h3-15,17-18,20-21,24,27,34-35H,16,19,22-23,25H2,1-2H3,(H2,44,48)(H,45,50)(H,46,49)/b26-24+. The van der Waals surface area contributed by atoms with E-state index in [0.717, 1.165) is 23.3 Å². The number of anilines is 1. The number of carbonyl (C=O) groups is 4. The fourth-order valence-corrected chi connectivity index (χ4v) is 8.23. The number of alkyl halides is 2. The van der Waals surface area contributed by atoms with Gasteiger partial charge in [-0.05, 0) is 79.6 Å². The maximum absolute atomic E-state index is 16.1. The number of hydrogen-bond donors (Lipinski definition) is 3. The summed E-state index contributed by atoms with van der Waals surface area (Å²) < 4.78 is 57.0. The number of halogens is 2. The highest BCUT2D eigenvalue weighted by Gasteiger charge is 2.58. The maximum atomic E-state index is 16.1. The summed E-state index contributed by atoms with van der Waals surface area (Å²) in [6, 6.07) is 23.6. The van der Waals surface area contributed by atoms with E-state index in [9.17, 15) is 23.7 Å². The number of carbonyl (C=O) groups excluding carboxylic acids is 4. The van der Waals surface area contributed by atoms with Crippen molar-refractivity contribution in [2.24, 2.45) is 5.73 Å². The van der Waals surface area contributed by atoms with Crippen molar-refractivity contribution in [3.8, 4) is 11.5 Å². The summed E-state index contributed by atoms with van der Waals surface area (Å²) in [5, 5.41) is 5.68. The van der Waals surface area contributed by atoms with E-state index in [1.165, 1.54) is 47.4 Å². The van der Waals surface area contributed by atoms with Gasteiger partial charge in [0.1, 0.15) is 23.6 Å². The summed E-state index contributed by atoms with van der Waals surface area (Å²) in [7, 11) is -5.22. The molecule has 0 radical (unpaired) electrons. The van der Waals surface area contributed by atoms with Crippen molar-refractivity contribution in [2.45, 2.75) is 69.7 Å². The van der Waals surface area contributed by atoms with Gasteiger partial charge in [0, 0.05) is 30.5 Å². The molecule has 0 aromatic heterocycles. The number of amides is 4. The first kappa shape index (κ1) is 38.9. The Kier molecular flexibility index (Phi) is 11.5. The lowest BCUT2D eigenvalue weighted by molar-refractivity contribution is -0.128. The Morgan fingerprint density at radius 2 is 1.53 bits per heavy atom. The zero-order valence-electron chi connectivity index (χ0n) is 30.2. The summed E-state index contributed by atoms with van der Waals surface area (Å²) in [5.41, 5.74) is 3.78. The molecule has 2 aliphatic heterocycles. The third-order valence-corrected chi connectivity index (χ3v) is 11.4. The van der Waals surface area contributed by atoms with Gasteiger partial charge in [-0.25, -0.2) is 4.57 Å². The van der Waals surface area contributed by atoms with Gasteiger partial charge in [-0.3, -0.25) is 24.1 Å². The molecule has 14 heteroatoms. The molecule has 4 aromatic carbocycles. The van der Waals surface area contributed by atoms with Crippen LogP contribution < -0.4 is 30.3 Å². The molecule has 2 aliphatic rings. The molecule has 55 heavy (non-hydrogen) atoms. The largest absolute Gasteiger partial charge is 0.504 e. The van der Waals surface area contributed by atoms with Crippen LogP contribution in [0.4, 0.5) is 14.5 Å². The number of allylic oxidation sites excluding steroid dienone is 1. The molecule has 4 N–H and O–H groups in total. The molecule has 3 atom stereocenters. The lowest BCUT2D eigenvalue weighted by Gasteiger charge is -2.28. The number of nitrogens with two attached hydrogens (primary N) is 1. The van der Waals surface area contributed by atoms with Gasteiger partial charge in [0.25, 0.3) is 0 Å². The molecule has 0 spiro atoms. The first-order chi connectivity index (χ1) is 26.3. The van der Waals surface area contributed by atoms with E-state index in [1.54, 1.807) is 50.2 Å². The predicted molar refractivity (Wildman–Crippen MR) is 203 cm³/mol. The van der Waals surface area contributed by atoms with Crippen molar-refractivity contribution in [2.75, 3.05) is 4.90 Å². The summed E-state index contributed by atoms with van der Waals surface area (Å²) in [5.74, 6) is -2.00. The van der Waals surface area contributed by atoms with Gasteiger partial charge in [0.15, 0.2) is 0 Å². The lowest BCUT2D eigenvalue weighted by Crippen LogP contribution is -2.55. The van der Waals surface area contributed by atoms with Crippen LogP contribution in [0.3, 0.4) is 0 Å². The van der Waals surface area contributed by atoms with Gasteiger partial charge in [0.05, 0.1) is 5.69 Å². The molecule has 286 valence electrons. The van der Waals surface area contributed by atoms with Crippen molar-refractivity contribution in [1.29, 1.82) is 0 Å². The third kappa shape index (κ3) is 8.62. The molecule has 0 aliphatic carbocycles. The number of primary amides is 1. The summed E-state index contributed by atoms with van der Waals surface area (Å²) >= 11 is 0. The minimum absolute atomic E-state index is 0.0606. The van der Waals surface area contributed by atoms with Crippen molar-refractivity contribution < 1.29 is 41.6 Å². The topological polar surface area (TPSA) is 157 Å². The Morgan fingerprint density at radius 1 is 0.927 bits per heavy atom. The number of hydrogen-bond acceptors (Lipinski definition) is 7. The molecule has 0 fully saturated rings. The van der Waals surface area contributed by atoms with Gasteiger partial charge >= 0.3 is 13.3 Å². The molecule has 0 bridgehead atoms. The van der Waals surface area contributed by atoms with Crippen LogP contribution >= 0.6 is 7.60 Å². The molecule has 4 aromatic rings. The van der Waals surface area contributed by atoms with E-state index in [4.69, 9.17) is 14.8 Å². The van der Waals surface area contributed by atoms with E-state index >= 15 is 8.78 Å². The van der Waals surface area contributed by atoms with E-state index < -0.39 is 48.6 Å². The number of benzene rings is 4. The minimum Gasteiger partial charge on any atom is -0.412 e. The molecule has 4 amide bonds. The van der Waals surface area contributed by atoms with Crippen LogP contribution in [0.5, 0.6) is 11.5 Å². The van der Waals surface area contributed by atoms with Crippen LogP contribution in [0.15, 0.2) is 109 Å². The highest BCUT2D eigenvalue weighted by Crippen LogP contribution is 2.65. The monoisotopic (exact) mass is 770 g/mol. The molecular formula is C41H41F2N4O7P. The van der Waals surface area contributed by atoms with E-state index in [2.05, 4.69) is 10.6 Å². The number of para-hydroxylation sites is 3. The van der Waals surface area contributed by atoms with Crippen LogP contribution in [0.2, 0.25) is 0 Å². The van der Waals surface area contributed by atoms with Gasteiger partial charge in [-0.1, -0.05) is 78.9 Å². The highest BCUT2D eigenvalue weighted by atomic mass is 31.2. The van der Waals surface area contributed by atoms with Crippen molar-refractivity contribution >= 4 is 42.5 Å². The first-order valence-corrected chi connectivity index (χ1v) is 19.4. The Balaban J connectivity index is 1.17. The number of aryl methyl sites for hydroxylation is 1. The molecular weight excluding hydrogens is 729 g/mol. The summed E-state index contributed by atoms with van der Waals surface area (Å²) in [6.45, 7) is 3.38. The van der Waals surface area contributed by atoms with E-state index in [1.807, 2.05) is 18.2 Å². The molecule has 3 unspecified atom stereocenters. The number of nitrogens with zero attached hydrogens (tertiary/aromatic N) is 1. The highest BCUT2D eigenvalue weighted by molar-refractivity contribution is 7.55. The maximum Gasteiger partial charge on any atom is 0.504 e. The predicted octanol–water partition coefficient (Wildman–Crippen LogP) is 6.65. The van der Waals surface area contributed by atoms with Crippen molar-refractivity contribution in [3.63, 3.8) is 0 Å². The van der Waals surface area contributed by atoms with Gasteiger partial charge in [0.2, 0.25) is 23.6 Å². The van der Waals surface area contributed by atoms with Gasteiger partial charge < -0.3 is 25.4 Å². The first-order valence-electron chi connectivity index (χ1n) is 17.8. The second-order valence-corrected chi connectivity index (χ2v) is 15.5. The molecule has 11 nitrogen and oxygen atoms in total. The average Bonchev–Trinajstić information content (AvgIpc) is 3.50. The Hall–Kier alpha value is -5.81. The average molecular weight is 771 g/mol. The van der Waals surface area contributed by atoms with E-state index in [0.29, 0.717) is 36.1 Å². The lowest BCUT2D eigenvalue weighted by atomic mass is 10.0. The summed E-state index contributed by atoms with van der Waals surface area (Å²) in [4.78, 5) is 53.6. The summed E-state index contributed by atoms with van der Waals surface area (Å²) in [6.07, 6.45) is 2.77. The van der Waals surface area contributed by atoms with Crippen LogP contribution in [0.25, 0.3) is 5.57 Å². The van der Waals surface area contributed by atoms with Crippen LogP contribution in [0.1, 0.15) is 55.4 Å². The van der Waals surface area contributed by atoms with Crippen LogP contribution in [0, 0.1) is 0 Å². The van der Waals surface area contributed by atoms with Gasteiger partial charge in [-0.2, -0.15) is 8.78 Å². The normalized spacial score (nSPS) is 17.4. The molecule has 0 saturated heterocycles.